The molecule has 0 radical (unpaired) electrons. The molecule has 0 saturated heterocycles. The van der Waals surface area contributed by atoms with Gasteiger partial charge in [-0.3, -0.25) is 10.1 Å². The quantitative estimate of drug-likeness (QED) is 0.659. The Morgan fingerprint density at radius 2 is 2.16 bits per heavy atom. The molecule has 0 spiro atoms. The lowest BCUT2D eigenvalue weighted by Crippen LogP contribution is -1.98. The second-order valence-electron chi connectivity index (χ2n) is 3.45. The van der Waals surface area contributed by atoms with Crippen LogP contribution in [-0.4, -0.2) is 22.0 Å². The molecule has 1 aromatic heterocycles. The lowest BCUT2D eigenvalue weighted by Gasteiger charge is -2.06. The molecule has 0 aliphatic carbocycles. The predicted octanol–water partition coefficient (Wildman–Crippen LogP) is 1.77. The zero-order chi connectivity index (χ0) is 13.8. The molecule has 8 nitrogen and oxygen atoms in total. The van der Waals surface area contributed by atoms with Crippen LogP contribution in [0.25, 0.3) is 0 Å². The minimum absolute atomic E-state index is 0.0219. The van der Waals surface area contributed by atoms with Crippen LogP contribution in [0.5, 0.6) is 17.4 Å². The first kappa shape index (κ1) is 12.6. The minimum atomic E-state index is -0.567. The van der Waals surface area contributed by atoms with Gasteiger partial charge in [-0.1, -0.05) is 0 Å². The van der Waals surface area contributed by atoms with Crippen molar-refractivity contribution >= 4 is 11.6 Å². The molecule has 0 saturated carbocycles. The smallest absolute Gasteiger partial charge is 0.315 e. The number of nitrogens with two attached hydrogens (primary N) is 1. The molecule has 1 aromatic carbocycles. The molecular formula is C11H10N4O4. The van der Waals surface area contributed by atoms with E-state index in [0.717, 1.165) is 0 Å². The van der Waals surface area contributed by atoms with Gasteiger partial charge in [-0.05, 0) is 12.1 Å². The monoisotopic (exact) mass is 262 g/mol. The summed E-state index contributed by atoms with van der Waals surface area (Å²) < 4.78 is 10.2. The first-order chi connectivity index (χ1) is 9.10. The lowest BCUT2D eigenvalue weighted by molar-refractivity contribution is -0.385. The summed E-state index contributed by atoms with van der Waals surface area (Å²) in [6.45, 7) is 0. The highest BCUT2D eigenvalue weighted by Crippen LogP contribution is 2.33. The number of hydrogen-bond donors (Lipinski definition) is 1. The van der Waals surface area contributed by atoms with E-state index in [1.807, 2.05) is 0 Å². The number of aromatic nitrogens is 2. The Kier molecular flexibility index (Phi) is 3.42. The van der Waals surface area contributed by atoms with Gasteiger partial charge in [0.2, 0.25) is 17.6 Å². The Morgan fingerprint density at radius 3 is 2.79 bits per heavy atom. The summed E-state index contributed by atoms with van der Waals surface area (Å²) in [5, 5.41) is 11.0. The summed E-state index contributed by atoms with van der Waals surface area (Å²) in [7, 11) is 1.42. The van der Waals surface area contributed by atoms with Gasteiger partial charge in [0.25, 0.3) is 0 Å². The van der Waals surface area contributed by atoms with E-state index in [9.17, 15) is 10.1 Å². The van der Waals surface area contributed by atoms with Crippen LogP contribution in [0.4, 0.5) is 11.6 Å². The Bertz CT molecular complexity index is 617. The number of rotatable bonds is 4. The molecular weight excluding hydrogens is 252 g/mol. The van der Waals surface area contributed by atoms with Crippen molar-refractivity contribution in [2.24, 2.45) is 0 Å². The van der Waals surface area contributed by atoms with Crippen LogP contribution in [-0.2, 0) is 0 Å². The average Bonchev–Trinajstić information content (AvgIpc) is 2.39. The fraction of sp³-hybridized carbons (Fsp3) is 0.0909. The molecule has 1 heterocycles. The number of hydrogen-bond acceptors (Lipinski definition) is 7. The first-order valence-electron chi connectivity index (χ1n) is 5.19. The van der Waals surface area contributed by atoms with E-state index in [1.54, 1.807) is 6.07 Å². The van der Waals surface area contributed by atoms with E-state index < -0.39 is 4.92 Å². The van der Waals surface area contributed by atoms with Crippen LogP contribution in [0, 0.1) is 10.1 Å². The summed E-state index contributed by atoms with van der Waals surface area (Å²) in [6, 6.07) is 5.69. The van der Waals surface area contributed by atoms with E-state index in [4.69, 9.17) is 15.2 Å². The van der Waals surface area contributed by atoms with E-state index in [0.29, 0.717) is 5.75 Å². The standard InChI is InChI=1S/C11H10N4O4/c1-18-7-2-3-9(8(6-7)15(16)17)19-10-4-5-13-11(12)14-10/h2-6H,1H3,(H2,12,13,14). The van der Waals surface area contributed by atoms with Crippen molar-refractivity contribution in [3.05, 3.63) is 40.6 Å². The third-order valence-electron chi connectivity index (χ3n) is 2.23. The normalized spacial score (nSPS) is 9.95. The van der Waals surface area contributed by atoms with Crippen molar-refractivity contribution in [2.45, 2.75) is 0 Å². The number of benzene rings is 1. The average molecular weight is 262 g/mol. The fourth-order valence-corrected chi connectivity index (χ4v) is 1.38. The van der Waals surface area contributed by atoms with Crippen molar-refractivity contribution in [2.75, 3.05) is 12.8 Å². The summed E-state index contributed by atoms with van der Waals surface area (Å²) in [5.41, 5.74) is 5.17. The molecule has 0 fully saturated rings. The summed E-state index contributed by atoms with van der Waals surface area (Å²) in [5.74, 6) is 0.555. The number of nitrogen functional groups attached to an aromatic ring is 1. The summed E-state index contributed by atoms with van der Waals surface area (Å²) in [6.07, 6.45) is 1.40. The minimum Gasteiger partial charge on any atom is -0.496 e. The van der Waals surface area contributed by atoms with Crippen molar-refractivity contribution < 1.29 is 14.4 Å². The largest absolute Gasteiger partial charge is 0.496 e. The highest BCUT2D eigenvalue weighted by atomic mass is 16.6. The van der Waals surface area contributed by atoms with Crippen molar-refractivity contribution in [1.29, 1.82) is 0 Å². The number of ether oxygens (including phenoxy) is 2. The fourth-order valence-electron chi connectivity index (χ4n) is 1.38. The molecule has 2 rings (SSSR count). The molecule has 2 aromatic rings. The van der Waals surface area contributed by atoms with E-state index in [1.165, 1.54) is 31.5 Å². The molecule has 0 aliphatic rings. The Hall–Kier alpha value is -2.90. The van der Waals surface area contributed by atoms with Crippen LogP contribution >= 0.6 is 0 Å². The van der Waals surface area contributed by atoms with Gasteiger partial charge in [0.05, 0.1) is 18.1 Å². The Labute approximate surface area is 108 Å². The maximum atomic E-state index is 11.0. The number of nitrogens with zero attached hydrogens (tertiary/aromatic N) is 3. The van der Waals surface area contributed by atoms with Crippen LogP contribution in [0.1, 0.15) is 0 Å². The topological polar surface area (TPSA) is 113 Å². The number of anilines is 1. The van der Waals surface area contributed by atoms with Crippen LogP contribution < -0.4 is 15.2 Å². The van der Waals surface area contributed by atoms with Gasteiger partial charge in [0.15, 0.2) is 0 Å². The van der Waals surface area contributed by atoms with E-state index >= 15 is 0 Å². The molecule has 8 heteroatoms. The van der Waals surface area contributed by atoms with E-state index in [2.05, 4.69) is 9.97 Å². The molecule has 2 N–H and O–H groups in total. The van der Waals surface area contributed by atoms with Crippen molar-refractivity contribution in [3.63, 3.8) is 0 Å². The molecule has 0 bridgehead atoms. The summed E-state index contributed by atoms with van der Waals surface area (Å²) in [4.78, 5) is 17.9. The zero-order valence-corrected chi connectivity index (χ0v) is 9.94. The molecule has 19 heavy (non-hydrogen) atoms. The highest BCUT2D eigenvalue weighted by molar-refractivity contribution is 5.52. The second kappa shape index (κ2) is 5.17. The molecule has 0 aliphatic heterocycles. The van der Waals surface area contributed by atoms with Crippen molar-refractivity contribution in [3.8, 4) is 17.4 Å². The Morgan fingerprint density at radius 1 is 1.37 bits per heavy atom. The first-order valence-corrected chi connectivity index (χ1v) is 5.19. The molecule has 0 amide bonds. The van der Waals surface area contributed by atoms with Gasteiger partial charge in [0, 0.05) is 12.3 Å². The van der Waals surface area contributed by atoms with Crippen LogP contribution in [0.15, 0.2) is 30.5 Å². The SMILES string of the molecule is COc1ccc(Oc2ccnc(N)n2)c([N+](=O)[O-])c1. The molecule has 0 atom stereocenters. The van der Waals surface area contributed by atoms with Gasteiger partial charge >= 0.3 is 5.69 Å². The van der Waals surface area contributed by atoms with Crippen LogP contribution in [0.2, 0.25) is 0 Å². The van der Waals surface area contributed by atoms with Crippen molar-refractivity contribution in [1.82, 2.24) is 9.97 Å². The number of methoxy groups -OCH3 is 1. The lowest BCUT2D eigenvalue weighted by atomic mass is 10.3. The number of nitro benzene ring substituents is 1. The van der Waals surface area contributed by atoms with Gasteiger partial charge in [-0.15, -0.1) is 0 Å². The predicted molar refractivity (Wildman–Crippen MR) is 66.2 cm³/mol. The third-order valence-corrected chi connectivity index (χ3v) is 2.23. The Balaban J connectivity index is 2.36. The second-order valence-corrected chi connectivity index (χ2v) is 3.45. The van der Waals surface area contributed by atoms with Gasteiger partial charge in [-0.25, -0.2) is 4.98 Å². The zero-order valence-electron chi connectivity index (χ0n) is 9.94. The van der Waals surface area contributed by atoms with Crippen LogP contribution in [0.3, 0.4) is 0 Å². The van der Waals surface area contributed by atoms with Gasteiger partial charge < -0.3 is 15.2 Å². The highest BCUT2D eigenvalue weighted by Gasteiger charge is 2.17. The maximum absolute atomic E-state index is 11.0. The third kappa shape index (κ3) is 2.86. The summed E-state index contributed by atoms with van der Waals surface area (Å²) >= 11 is 0. The molecule has 98 valence electrons. The molecule has 0 unspecified atom stereocenters. The van der Waals surface area contributed by atoms with Gasteiger partial charge in [0.1, 0.15) is 5.75 Å². The van der Waals surface area contributed by atoms with Gasteiger partial charge in [-0.2, -0.15) is 4.98 Å². The number of nitro groups is 1. The maximum Gasteiger partial charge on any atom is 0.315 e. The van der Waals surface area contributed by atoms with E-state index in [-0.39, 0.29) is 23.3 Å².